The van der Waals surface area contributed by atoms with Gasteiger partial charge in [0.05, 0.1) is 17.2 Å². The van der Waals surface area contributed by atoms with E-state index in [9.17, 15) is 0 Å². The van der Waals surface area contributed by atoms with Crippen LogP contribution in [0.3, 0.4) is 0 Å². The maximum Gasteiger partial charge on any atom is 0.176 e. The Labute approximate surface area is 107 Å². The molecule has 3 aromatic carbocycles. The zero-order valence-corrected chi connectivity index (χ0v) is 9.91. The van der Waals surface area contributed by atoms with E-state index >= 15 is 0 Å². The molecular formula is C15H8N4. The van der Waals surface area contributed by atoms with Gasteiger partial charge in [-0.05, 0) is 22.9 Å². The molecule has 0 fully saturated rings. The molecule has 5 rings (SSSR count). The van der Waals surface area contributed by atoms with Gasteiger partial charge in [-0.15, -0.1) is 5.10 Å². The molecule has 0 aliphatic heterocycles. The smallest absolute Gasteiger partial charge is 0.176 e. The minimum Gasteiger partial charge on any atom is -0.227 e. The van der Waals surface area contributed by atoms with Crippen molar-refractivity contribution < 1.29 is 0 Å². The van der Waals surface area contributed by atoms with Crippen LogP contribution >= 0.6 is 0 Å². The summed E-state index contributed by atoms with van der Waals surface area (Å²) in [5.74, 6) is 0. The average molecular weight is 244 g/mol. The van der Waals surface area contributed by atoms with Crippen LogP contribution in [0.2, 0.25) is 0 Å². The monoisotopic (exact) mass is 244 g/mol. The van der Waals surface area contributed by atoms with Crippen molar-refractivity contribution in [2.24, 2.45) is 0 Å². The Morgan fingerprint density at radius 2 is 1.68 bits per heavy atom. The maximum atomic E-state index is 4.63. The first-order valence-corrected chi connectivity index (χ1v) is 6.16. The first-order chi connectivity index (χ1) is 9.42. The van der Waals surface area contributed by atoms with Crippen LogP contribution in [0.5, 0.6) is 0 Å². The van der Waals surface area contributed by atoms with E-state index in [0.29, 0.717) is 0 Å². The van der Waals surface area contributed by atoms with Gasteiger partial charge in [-0.2, -0.15) is 4.52 Å². The van der Waals surface area contributed by atoms with Crippen LogP contribution in [0.15, 0.2) is 48.7 Å². The van der Waals surface area contributed by atoms with Crippen LogP contribution in [-0.2, 0) is 0 Å². The molecular weight excluding hydrogens is 236 g/mol. The van der Waals surface area contributed by atoms with E-state index in [2.05, 4.69) is 57.8 Å². The predicted octanol–water partition coefficient (Wildman–Crippen LogP) is 3.02. The highest BCUT2D eigenvalue weighted by atomic mass is 15.4. The summed E-state index contributed by atoms with van der Waals surface area (Å²) in [5, 5.41) is 13.0. The molecule has 0 N–H and O–H groups in total. The fraction of sp³-hybridized carbons (Fsp3) is 0. The highest BCUT2D eigenvalue weighted by molar-refractivity contribution is 6.21. The van der Waals surface area contributed by atoms with E-state index in [0.717, 1.165) is 22.1 Å². The molecule has 4 heteroatoms. The van der Waals surface area contributed by atoms with Gasteiger partial charge >= 0.3 is 0 Å². The lowest BCUT2D eigenvalue weighted by Gasteiger charge is -2.10. The van der Waals surface area contributed by atoms with Crippen LogP contribution in [0, 0.1) is 0 Å². The molecule has 0 saturated carbocycles. The second-order valence-electron chi connectivity index (χ2n) is 4.74. The van der Waals surface area contributed by atoms with Gasteiger partial charge in [-0.3, -0.25) is 0 Å². The van der Waals surface area contributed by atoms with Crippen molar-refractivity contribution in [2.75, 3.05) is 0 Å². The van der Waals surface area contributed by atoms with Gasteiger partial charge in [0.15, 0.2) is 5.65 Å². The van der Waals surface area contributed by atoms with Gasteiger partial charge in [0.25, 0.3) is 0 Å². The van der Waals surface area contributed by atoms with Gasteiger partial charge < -0.3 is 0 Å². The molecule has 0 spiro atoms. The Kier molecular flexibility index (Phi) is 1.44. The van der Waals surface area contributed by atoms with Crippen molar-refractivity contribution in [1.82, 2.24) is 19.8 Å². The lowest BCUT2D eigenvalue weighted by atomic mass is 9.99. The summed E-state index contributed by atoms with van der Waals surface area (Å²) in [7, 11) is 0. The van der Waals surface area contributed by atoms with Crippen molar-refractivity contribution in [3.05, 3.63) is 48.7 Å². The maximum absolute atomic E-state index is 4.63. The molecule has 19 heavy (non-hydrogen) atoms. The van der Waals surface area contributed by atoms with Crippen LogP contribution < -0.4 is 0 Å². The van der Waals surface area contributed by atoms with E-state index < -0.39 is 0 Å². The number of benzene rings is 3. The quantitative estimate of drug-likeness (QED) is 0.393. The number of rotatable bonds is 0. The summed E-state index contributed by atoms with van der Waals surface area (Å²) in [6.07, 6.45) is 1.69. The fourth-order valence-corrected chi connectivity index (χ4v) is 2.92. The molecule has 0 aliphatic rings. The van der Waals surface area contributed by atoms with Crippen molar-refractivity contribution in [1.29, 1.82) is 0 Å². The molecule has 0 aliphatic carbocycles. The third-order valence-corrected chi connectivity index (χ3v) is 3.73. The van der Waals surface area contributed by atoms with Crippen LogP contribution in [0.1, 0.15) is 0 Å². The molecule has 88 valence electrons. The molecule has 5 aromatic rings. The molecule has 0 radical (unpaired) electrons. The van der Waals surface area contributed by atoms with E-state index in [1.807, 2.05) is 0 Å². The van der Waals surface area contributed by atoms with Crippen LogP contribution in [-0.4, -0.2) is 19.8 Å². The zero-order valence-electron chi connectivity index (χ0n) is 9.91. The third-order valence-electron chi connectivity index (χ3n) is 3.73. The fourth-order valence-electron chi connectivity index (χ4n) is 2.92. The second kappa shape index (κ2) is 2.98. The molecule has 0 unspecified atom stereocenters. The Hall–Kier alpha value is -2.75. The molecule has 4 nitrogen and oxygen atoms in total. The van der Waals surface area contributed by atoms with Gasteiger partial charge in [-0.25, -0.2) is 4.98 Å². The highest BCUT2D eigenvalue weighted by Gasteiger charge is 2.12. The lowest BCUT2D eigenvalue weighted by molar-refractivity contribution is 0.877. The molecule has 0 amide bonds. The molecule has 0 saturated heterocycles. The van der Waals surface area contributed by atoms with Gasteiger partial charge in [0, 0.05) is 10.8 Å². The van der Waals surface area contributed by atoms with Crippen molar-refractivity contribution in [3.8, 4) is 0 Å². The Morgan fingerprint density at radius 3 is 2.58 bits per heavy atom. The van der Waals surface area contributed by atoms with Crippen molar-refractivity contribution >= 4 is 38.2 Å². The molecule has 2 aromatic heterocycles. The van der Waals surface area contributed by atoms with E-state index in [4.69, 9.17) is 0 Å². The predicted molar refractivity (Wildman–Crippen MR) is 74.5 cm³/mol. The lowest BCUT2D eigenvalue weighted by Crippen LogP contribution is -1.95. The molecule has 0 bridgehead atoms. The minimum atomic E-state index is 0.783. The average Bonchev–Trinajstić information content (AvgIpc) is 2.92. The first kappa shape index (κ1) is 9.22. The zero-order chi connectivity index (χ0) is 12.4. The number of nitrogens with zero attached hydrogens (tertiary/aromatic N) is 4. The summed E-state index contributed by atoms with van der Waals surface area (Å²) in [4.78, 5) is 4.63. The number of hydrogen-bond acceptors (Lipinski definition) is 3. The normalized spacial score (nSPS) is 12.2. The van der Waals surface area contributed by atoms with Crippen molar-refractivity contribution in [2.45, 2.75) is 0 Å². The second-order valence-corrected chi connectivity index (χ2v) is 4.74. The topological polar surface area (TPSA) is 43.1 Å². The Balaban J connectivity index is 2.27. The summed E-state index contributed by atoms with van der Waals surface area (Å²) in [5.41, 5.74) is 2.83. The number of aromatic nitrogens is 4. The highest BCUT2D eigenvalue weighted by Crippen LogP contribution is 2.33. The van der Waals surface area contributed by atoms with E-state index in [1.165, 1.54) is 16.2 Å². The summed E-state index contributed by atoms with van der Waals surface area (Å²) in [6, 6.07) is 14.8. The first-order valence-electron chi connectivity index (χ1n) is 6.16. The van der Waals surface area contributed by atoms with Gasteiger partial charge in [-0.1, -0.05) is 35.5 Å². The van der Waals surface area contributed by atoms with Crippen LogP contribution in [0.4, 0.5) is 0 Å². The van der Waals surface area contributed by atoms with Gasteiger partial charge in [0.2, 0.25) is 0 Å². The third kappa shape index (κ3) is 1.02. The number of hydrogen-bond donors (Lipinski definition) is 0. The minimum absolute atomic E-state index is 0.783. The largest absolute Gasteiger partial charge is 0.227 e. The standard InChI is InChI=1S/C15H8N4/c1-2-9-4-6-11-15-12(7-5-10(3-1)14(9)15)19-13(17-11)8-16-18-19/h1-8H. The summed E-state index contributed by atoms with van der Waals surface area (Å²) in [6.45, 7) is 0. The van der Waals surface area contributed by atoms with E-state index in [1.54, 1.807) is 10.7 Å². The Morgan fingerprint density at radius 1 is 0.842 bits per heavy atom. The summed E-state index contributed by atoms with van der Waals surface area (Å²) >= 11 is 0. The van der Waals surface area contributed by atoms with Gasteiger partial charge in [0.1, 0.15) is 0 Å². The van der Waals surface area contributed by atoms with E-state index in [-0.39, 0.29) is 0 Å². The van der Waals surface area contributed by atoms with Crippen molar-refractivity contribution in [3.63, 3.8) is 0 Å². The van der Waals surface area contributed by atoms with Crippen LogP contribution in [0.25, 0.3) is 38.2 Å². The SMILES string of the molecule is c1cc2ccc3nc4cnnn4c4ccc(c1)c2c34. The molecule has 2 heterocycles. The molecule has 0 atom stereocenters. The Bertz CT molecular complexity index is 1050. The summed E-state index contributed by atoms with van der Waals surface area (Å²) < 4.78 is 1.80. The number of fused-ring (bicyclic) bond motifs is 2.